The molecule has 2 rings (SSSR count). The molecule has 3 nitrogen and oxygen atoms in total. The molecule has 96 valence electrons. The average molecular weight is 254 g/mol. The summed E-state index contributed by atoms with van der Waals surface area (Å²) >= 11 is 0. The van der Waals surface area contributed by atoms with Crippen molar-refractivity contribution in [3.8, 4) is 11.5 Å². The van der Waals surface area contributed by atoms with Crippen molar-refractivity contribution in [2.45, 2.75) is 6.92 Å². The van der Waals surface area contributed by atoms with E-state index in [-0.39, 0.29) is 17.3 Å². The Balaban J connectivity index is 2.15. The SMILES string of the molecule is Cc1ccc(C(=O)C=Cc2ccc(O)c(O)c2)cc1. The molecule has 0 amide bonds. The smallest absolute Gasteiger partial charge is 0.185 e. The Morgan fingerprint density at radius 3 is 2.32 bits per heavy atom. The van der Waals surface area contributed by atoms with Crippen LogP contribution in [0, 0.1) is 6.92 Å². The number of carbonyl (C=O) groups is 1. The Bertz CT molecular complexity index is 625. The van der Waals surface area contributed by atoms with Crippen LogP contribution in [0.4, 0.5) is 0 Å². The summed E-state index contributed by atoms with van der Waals surface area (Å²) in [5.74, 6) is -0.487. The van der Waals surface area contributed by atoms with Gasteiger partial charge >= 0.3 is 0 Å². The molecule has 0 bridgehead atoms. The molecule has 0 heterocycles. The number of hydrogen-bond donors (Lipinski definition) is 2. The summed E-state index contributed by atoms with van der Waals surface area (Å²) in [5.41, 5.74) is 2.37. The van der Waals surface area contributed by atoms with Crippen molar-refractivity contribution in [2.24, 2.45) is 0 Å². The number of rotatable bonds is 3. The van der Waals surface area contributed by atoms with Gasteiger partial charge in [0.2, 0.25) is 0 Å². The molecule has 0 aliphatic carbocycles. The van der Waals surface area contributed by atoms with Crippen molar-refractivity contribution in [3.63, 3.8) is 0 Å². The number of aromatic hydroxyl groups is 2. The van der Waals surface area contributed by atoms with Crippen molar-refractivity contribution in [1.29, 1.82) is 0 Å². The second kappa shape index (κ2) is 5.40. The Labute approximate surface area is 111 Å². The molecule has 0 fully saturated rings. The van der Waals surface area contributed by atoms with Crippen molar-refractivity contribution in [3.05, 3.63) is 65.2 Å². The monoisotopic (exact) mass is 254 g/mol. The molecule has 0 spiro atoms. The lowest BCUT2D eigenvalue weighted by molar-refractivity contribution is 0.104. The van der Waals surface area contributed by atoms with Gasteiger partial charge < -0.3 is 10.2 Å². The standard InChI is InChI=1S/C16H14O3/c1-11-2-6-13(7-3-11)14(17)8-4-12-5-9-15(18)16(19)10-12/h2-10,18-19H,1H3. The molecule has 19 heavy (non-hydrogen) atoms. The molecular weight excluding hydrogens is 240 g/mol. The molecule has 0 atom stereocenters. The van der Waals surface area contributed by atoms with Gasteiger partial charge in [-0.2, -0.15) is 0 Å². The molecule has 0 aromatic heterocycles. The summed E-state index contributed by atoms with van der Waals surface area (Å²) in [6, 6.07) is 11.7. The van der Waals surface area contributed by atoms with Crippen molar-refractivity contribution in [1.82, 2.24) is 0 Å². The van der Waals surface area contributed by atoms with Gasteiger partial charge in [0.25, 0.3) is 0 Å². The second-order valence-corrected chi connectivity index (χ2v) is 4.31. The Morgan fingerprint density at radius 1 is 1.00 bits per heavy atom. The average Bonchev–Trinajstić information content (AvgIpc) is 2.40. The Hall–Kier alpha value is -2.55. The number of phenols is 2. The third-order valence-electron chi connectivity index (χ3n) is 2.76. The summed E-state index contributed by atoms with van der Waals surface area (Å²) < 4.78 is 0. The van der Waals surface area contributed by atoms with Gasteiger partial charge in [0.1, 0.15) is 0 Å². The molecule has 0 radical (unpaired) electrons. The van der Waals surface area contributed by atoms with Gasteiger partial charge in [-0.25, -0.2) is 0 Å². The van der Waals surface area contributed by atoms with Crippen LogP contribution in [0.5, 0.6) is 11.5 Å². The van der Waals surface area contributed by atoms with E-state index in [4.69, 9.17) is 0 Å². The van der Waals surface area contributed by atoms with E-state index in [1.807, 2.05) is 19.1 Å². The van der Waals surface area contributed by atoms with E-state index in [1.54, 1.807) is 24.3 Å². The number of phenolic OH excluding ortho intramolecular Hbond substituents is 2. The highest BCUT2D eigenvalue weighted by Crippen LogP contribution is 2.25. The molecule has 0 aliphatic rings. The second-order valence-electron chi connectivity index (χ2n) is 4.31. The lowest BCUT2D eigenvalue weighted by atomic mass is 10.1. The zero-order valence-corrected chi connectivity index (χ0v) is 10.5. The summed E-state index contributed by atoms with van der Waals surface area (Å²) in [7, 11) is 0. The number of allylic oxidation sites excluding steroid dienone is 1. The van der Waals surface area contributed by atoms with Gasteiger partial charge in [-0.3, -0.25) is 4.79 Å². The van der Waals surface area contributed by atoms with E-state index < -0.39 is 0 Å². The number of ketones is 1. The van der Waals surface area contributed by atoms with Gasteiger partial charge in [0.05, 0.1) is 0 Å². The Kier molecular flexibility index (Phi) is 3.66. The molecular formula is C16H14O3. The highest BCUT2D eigenvalue weighted by molar-refractivity contribution is 6.06. The first-order valence-electron chi connectivity index (χ1n) is 5.87. The predicted molar refractivity (Wildman–Crippen MR) is 74.3 cm³/mol. The molecule has 0 aliphatic heterocycles. The van der Waals surface area contributed by atoms with Crippen LogP contribution in [0.1, 0.15) is 21.5 Å². The van der Waals surface area contributed by atoms with E-state index in [9.17, 15) is 15.0 Å². The number of hydrogen-bond acceptors (Lipinski definition) is 3. The quantitative estimate of drug-likeness (QED) is 0.502. The molecule has 2 aromatic carbocycles. The molecule has 2 N–H and O–H groups in total. The largest absolute Gasteiger partial charge is 0.504 e. The fraction of sp³-hybridized carbons (Fsp3) is 0.0625. The van der Waals surface area contributed by atoms with Crippen LogP contribution >= 0.6 is 0 Å². The molecule has 0 saturated carbocycles. The highest BCUT2D eigenvalue weighted by Gasteiger charge is 2.02. The minimum absolute atomic E-state index is 0.104. The first-order valence-corrected chi connectivity index (χ1v) is 5.87. The minimum atomic E-state index is -0.204. The topological polar surface area (TPSA) is 57.5 Å². The molecule has 0 unspecified atom stereocenters. The van der Waals surface area contributed by atoms with E-state index in [0.717, 1.165) is 5.56 Å². The van der Waals surface area contributed by atoms with Crippen LogP contribution in [-0.4, -0.2) is 16.0 Å². The summed E-state index contributed by atoms with van der Waals surface area (Å²) in [6.45, 7) is 1.96. The lowest BCUT2D eigenvalue weighted by Crippen LogP contribution is -1.93. The van der Waals surface area contributed by atoms with Crippen LogP contribution in [0.25, 0.3) is 6.08 Å². The fourth-order valence-corrected chi connectivity index (χ4v) is 1.63. The van der Waals surface area contributed by atoms with Crippen molar-refractivity contribution in [2.75, 3.05) is 0 Å². The van der Waals surface area contributed by atoms with Gasteiger partial charge in [0.15, 0.2) is 17.3 Å². The number of aryl methyl sites for hydroxylation is 1. The first-order chi connectivity index (χ1) is 9.06. The van der Waals surface area contributed by atoms with Gasteiger partial charge in [-0.1, -0.05) is 42.0 Å². The zero-order chi connectivity index (χ0) is 13.8. The lowest BCUT2D eigenvalue weighted by Gasteiger charge is -1.99. The third kappa shape index (κ3) is 3.22. The molecule has 2 aromatic rings. The number of carbonyl (C=O) groups excluding carboxylic acids is 1. The maximum Gasteiger partial charge on any atom is 0.185 e. The van der Waals surface area contributed by atoms with E-state index in [1.165, 1.54) is 18.2 Å². The maximum atomic E-state index is 11.9. The summed E-state index contributed by atoms with van der Waals surface area (Å²) in [4.78, 5) is 11.9. The van der Waals surface area contributed by atoms with Gasteiger partial charge in [-0.15, -0.1) is 0 Å². The van der Waals surface area contributed by atoms with Crippen molar-refractivity contribution >= 4 is 11.9 Å². The van der Waals surface area contributed by atoms with Crippen LogP contribution in [0.2, 0.25) is 0 Å². The minimum Gasteiger partial charge on any atom is -0.504 e. The normalized spacial score (nSPS) is 10.8. The first kappa shape index (κ1) is 12.9. The van der Waals surface area contributed by atoms with E-state index in [2.05, 4.69) is 0 Å². The van der Waals surface area contributed by atoms with Crippen LogP contribution in [-0.2, 0) is 0 Å². The van der Waals surface area contributed by atoms with Gasteiger partial charge in [-0.05, 0) is 30.7 Å². The van der Waals surface area contributed by atoms with Crippen LogP contribution in [0.3, 0.4) is 0 Å². The molecule has 3 heteroatoms. The number of benzene rings is 2. The fourth-order valence-electron chi connectivity index (χ4n) is 1.63. The maximum absolute atomic E-state index is 11.9. The predicted octanol–water partition coefficient (Wildman–Crippen LogP) is 3.30. The third-order valence-corrected chi connectivity index (χ3v) is 2.76. The Morgan fingerprint density at radius 2 is 1.68 bits per heavy atom. The van der Waals surface area contributed by atoms with Crippen LogP contribution < -0.4 is 0 Å². The molecule has 0 saturated heterocycles. The summed E-state index contributed by atoms with van der Waals surface area (Å²) in [5, 5.41) is 18.5. The zero-order valence-electron chi connectivity index (χ0n) is 10.5. The van der Waals surface area contributed by atoms with E-state index >= 15 is 0 Å². The van der Waals surface area contributed by atoms with E-state index in [0.29, 0.717) is 11.1 Å². The van der Waals surface area contributed by atoms with Gasteiger partial charge in [0, 0.05) is 5.56 Å². The van der Waals surface area contributed by atoms with Crippen LogP contribution in [0.15, 0.2) is 48.5 Å². The van der Waals surface area contributed by atoms with Crippen molar-refractivity contribution < 1.29 is 15.0 Å². The summed E-state index contributed by atoms with van der Waals surface area (Å²) in [6.07, 6.45) is 3.04. The highest BCUT2D eigenvalue weighted by atomic mass is 16.3.